The third-order valence-corrected chi connectivity index (χ3v) is 6.84. The lowest BCUT2D eigenvalue weighted by molar-refractivity contribution is 0.234. The molecule has 158 valence electrons. The van der Waals surface area contributed by atoms with Crippen molar-refractivity contribution in [3.63, 3.8) is 0 Å². The molecule has 0 aliphatic heterocycles. The van der Waals surface area contributed by atoms with Crippen LogP contribution in [0.15, 0.2) is 91.0 Å². The van der Waals surface area contributed by atoms with Crippen LogP contribution in [-0.4, -0.2) is 12.6 Å². The van der Waals surface area contributed by atoms with Gasteiger partial charge in [-0.15, -0.1) is 0 Å². The van der Waals surface area contributed by atoms with E-state index < -0.39 is 5.41 Å². The minimum atomic E-state index is -0.590. The molecule has 0 radical (unpaired) electrons. The van der Waals surface area contributed by atoms with E-state index in [1.54, 1.807) is 0 Å². The first-order chi connectivity index (χ1) is 15.3. The summed E-state index contributed by atoms with van der Waals surface area (Å²) < 4.78 is 0. The zero-order valence-electron chi connectivity index (χ0n) is 18.2. The maximum absolute atomic E-state index is 10.6. The van der Waals surface area contributed by atoms with Crippen molar-refractivity contribution in [2.45, 2.75) is 50.0 Å². The Balaban J connectivity index is 1.48. The molecule has 4 rings (SSSR count). The van der Waals surface area contributed by atoms with E-state index in [4.69, 9.17) is 0 Å². The highest BCUT2D eigenvalue weighted by Crippen LogP contribution is 2.45. The lowest BCUT2D eigenvalue weighted by atomic mass is 9.61. The lowest BCUT2D eigenvalue weighted by Gasteiger charge is -2.41. The molecule has 0 saturated heterocycles. The molecule has 3 aromatic carbocycles. The molecule has 0 heterocycles. The van der Waals surface area contributed by atoms with Crippen LogP contribution in [0.2, 0.25) is 0 Å². The van der Waals surface area contributed by atoms with Crippen molar-refractivity contribution in [3.05, 3.63) is 108 Å². The Kier molecular flexibility index (Phi) is 7.18. The Morgan fingerprint density at radius 1 is 0.806 bits per heavy atom. The largest absolute Gasteiger partial charge is 0.314 e. The van der Waals surface area contributed by atoms with E-state index in [2.05, 4.69) is 90.2 Å². The summed E-state index contributed by atoms with van der Waals surface area (Å²) in [5.74, 6) is 0.308. The van der Waals surface area contributed by atoms with Gasteiger partial charge in [-0.3, -0.25) is 0 Å². The van der Waals surface area contributed by atoms with Gasteiger partial charge in [0.15, 0.2) is 0 Å². The molecule has 1 aliphatic carbocycles. The van der Waals surface area contributed by atoms with Gasteiger partial charge >= 0.3 is 0 Å². The summed E-state index contributed by atoms with van der Waals surface area (Å²) in [5, 5.41) is 14.4. The molecule has 0 aromatic heterocycles. The van der Waals surface area contributed by atoms with Gasteiger partial charge in [-0.1, -0.05) is 97.4 Å². The standard InChI is InChI=1S/C29H32N2/c30-23-29(25-15-6-2-7-16-25,26-17-8-3-9-18-26)27-19-10-20-28(22-27)31-21-11-14-24-12-4-1-5-13-24/h1-9,12-13,15-18,27-28,31H,10-11,14,19-22H2/t27-,28-/m0/s1. The first-order valence-electron chi connectivity index (χ1n) is 11.6. The van der Waals surface area contributed by atoms with Crippen molar-refractivity contribution < 1.29 is 0 Å². The highest BCUT2D eigenvalue weighted by Gasteiger charge is 2.44. The molecule has 2 heteroatoms. The van der Waals surface area contributed by atoms with E-state index in [1.165, 1.54) is 18.4 Å². The second-order valence-corrected chi connectivity index (χ2v) is 8.76. The van der Waals surface area contributed by atoms with Crippen molar-refractivity contribution in [1.82, 2.24) is 5.32 Å². The van der Waals surface area contributed by atoms with Crippen LogP contribution in [0.3, 0.4) is 0 Å². The number of hydrogen-bond acceptors (Lipinski definition) is 2. The van der Waals surface area contributed by atoms with Gasteiger partial charge in [0.25, 0.3) is 0 Å². The molecule has 2 atom stereocenters. The van der Waals surface area contributed by atoms with Gasteiger partial charge in [-0.25, -0.2) is 0 Å². The van der Waals surface area contributed by atoms with Crippen LogP contribution in [0, 0.1) is 17.2 Å². The fourth-order valence-electron chi connectivity index (χ4n) is 5.27. The molecule has 1 aliphatic rings. The quantitative estimate of drug-likeness (QED) is 0.445. The van der Waals surface area contributed by atoms with Crippen molar-refractivity contribution in [3.8, 4) is 6.07 Å². The smallest absolute Gasteiger partial charge is 0.110 e. The molecule has 31 heavy (non-hydrogen) atoms. The van der Waals surface area contributed by atoms with E-state index in [1.807, 2.05) is 12.1 Å². The number of nitrogens with zero attached hydrogens (tertiary/aromatic N) is 1. The second kappa shape index (κ2) is 10.4. The number of nitriles is 1. The minimum Gasteiger partial charge on any atom is -0.314 e. The normalized spacial score (nSPS) is 18.9. The van der Waals surface area contributed by atoms with Crippen molar-refractivity contribution in [2.75, 3.05) is 6.54 Å². The Morgan fingerprint density at radius 2 is 1.39 bits per heavy atom. The van der Waals surface area contributed by atoms with Crippen LogP contribution in [0.25, 0.3) is 0 Å². The summed E-state index contributed by atoms with van der Waals surface area (Å²) in [4.78, 5) is 0. The highest BCUT2D eigenvalue weighted by atomic mass is 14.9. The zero-order valence-corrected chi connectivity index (χ0v) is 18.2. The van der Waals surface area contributed by atoms with Crippen LogP contribution in [-0.2, 0) is 11.8 Å². The Labute approximate surface area is 186 Å². The van der Waals surface area contributed by atoms with E-state index in [0.29, 0.717) is 12.0 Å². The molecule has 1 fully saturated rings. The molecular weight excluding hydrogens is 376 g/mol. The average molecular weight is 409 g/mol. The van der Waals surface area contributed by atoms with Gasteiger partial charge in [-0.05, 0) is 61.3 Å². The van der Waals surface area contributed by atoms with Crippen LogP contribution < -0.4 is 5.32 Å². The lowest BCUT2D eigenvalue weighted by Crippen LogP contribution is -2.43. The summed E-state index contributed by atoms with van der Waals surface area (Å²) >= 11 is 0. The third-order valence-electron chi connectivity index (χ3n) is 6.84. The molecule has 3 aromatic rings. The van der Waals surface area contributed by atoms with Gasteiger partial charge in [0.2, 0.25) is 0 Å². The van der Waals surface area contributed by atoms with Crippen molar-refractivity contribution >= 4 is 0 Å². The molecule has 0 unspecified atom stereocenters. The van der Waals surface area contributed by atoms with E-state index in [9.17, 15) is 5.26 Å². The molecule has 0 amide bonds. The second-order valence-electron chi connectivity index (χ2n) is 8.76. The van der Waals surface area contributed by atoms with Crippen molar-refractivity contribution in [2.24, 2.45) is 5.92 Å². The van der Waals surface area contributed by atoms with Gasteiger partial charge in [0, 0.05) is 6.04 Å². The predicted molar refractivity (Wildman–Crippen MR) is 128 cm³/mol. The first kappa shape index (κ1) is 21.3. The predicted octanol–water partition coefficient (Wildman–Crippen LogP) is 6.28. The molecule has 0 bridgehead atoms. The summed E-state index contributed by atoms with van der Waals surface area (Å²) in [7, 11) is 0. The fraction of sp³-hybridized carbons (Fsp3) is 0.345. The van der Waals surface area contributed by atoms with Crippen LogP contribution in [0.5, 0.6) is 0 Å². The van der Waals surface area contributed by atoms with Gasteiger partial charge in [0.05, 0.1) is 6.07 Å². The first-order valence-corrected chi connectivity index (χ1v) is 11.6. The van der Waals surface area contributed by atoms with Crippen LogP contribution >= 0.6 is 0 Å². The zero-order chi connectivity index (χ0) is 21.4. The molecule has 1 N–H and O–H groups in total. The summed E-state index contributed by atoms with van der Waals surface area (Å²) in [6, 6.07) is 34.8. The molecule has 2 nitrogen and oxygen atoms in total. The average Bonchev–Trinajstić information content (AvgIpc) is 2.85. The summed E-state index contributed by atoms with van der Waals surface area (Å²) in [6.07, 6.45) is 6.77. The highest BCUT2D eigenvalue weighted by molar-refractivity contribution is 5.47. The topological polar surface area (TPSA) is 35.8 Å². The SMILES string of the molecule is N#CC(c1ccccc1)(c1ccccc1)[C@H]1CCC[C@H](NCCCc2ccccc2)C1. The third kappa shape index (κ3) is 4.89. The molecular formula is C29H32N2. The number of rotatable bonds is 8. The van der Waals surface area contributed by atoms with Gasteiger partial charge in [0.1, 0.15) is 5.41 Å². The minimum absolute atomic E-state index is 0.308. The molecule has 0 spiro atoms. The van der Waals surface area contributed by atoms with E-state index in [-0.39, 0.29) is 0 Å². The number of hydrogen-bond donors (Lipinski definition) is 1. The van der Waals surface area contributed by atoms with Crippen LogP contribution in [0.4, 0.5) is 0 Å². The van der Waals surface area contributed by atoms with Gasteiger partial charge in [-0.2, -0.15) is 5.26 Å². The maximum atomic E-state index is 10.6. The Hall–Kier alpha value is -2.89. The fourth-order valence-corrected chi connectivity index (χ4v) is 5.27. The Morgan fingerprint density at radius 3 is 1.97 bits per heavy atom. The maximum Gasteiger partial charge on any atom is 0.110 e. The van der Waals surface area contributed by atoms with E-state index in [0.717, 1.165) is 43.4 Å². The summed E-state index contributed by atoms with van der Waals surface area (Å²) in [6.45, 7) is 1.03. The van der Waals surface area contributed by atoms with E-state index >= 15 is 0 Å². The number of benzene rings is 3. The number of aryl methyl sites for hydroxylation is 1. The number of nitrogens with one attached hydrogen (secondary N) is 1. The van der Waals surface area contributed by atoms with Crippen LogP contribution in [0.1, 0.15) is 48.8 Å². The molecule has 1 saturated carbocycles. The van der Waals surface area contributed by atoms with Gasteiger partial charge < -0.3 is 5.32 Å². The summed E-state index contributed by atoms with van der Waals surface area (Å²) in [5.41, 5.74) is 3.06. The Bertz CT molecular complexity index is 920. The monoisotopic (exact) mass is 408 g/mol. The van der Waals surface area contributed by atoms with Crippen molar-refractivity contribution in [1.29, 1.82) is 5.26 Å².